The molecular weight excluding hydrogens is 386 g/mol. The zero-order valence-electron chi connectivity index (χ0n) is 16.7. The van der Waals surface area contributed by atoms with Gasteiger partial charge < -0.3 is 9.30 Å². The number of hydrogen-bond acceptors (Lipinski definition) is 4. The Morgan fingerprint density at radius 2 is 2.00 bits per heavy atom. The molecule has 156 valence electrons. The van der Waals surface area contributed by atoms with Crippen molar-refractivity contribution in [3.63, 3.8) is 0 Å². The first kappa shape index (κ1) is 19.4. The molecule has 7 heteroatoms. The zero-order valence-corrected chi connectivity index (χ0v) is 16.7. The van der Waals surface area contributed by atoms with Crippen LogP contribution in [0.4, 0.5) is 8.78 Å². The maximum atomic E-state index is 14.2. The minimum Gasteiger partial charge on any atom is -0.377 e. The molecule has 0 bridgehead atoms. The van der Waals surface area contributed by atoms with Gasteiger partial charge in [0.2, 0.25) is 0 Å². The normalized spacial score (nSPS) is 27.4. The van der Waals surface area contributed by atoms with Gasteiger partial charge in [0.1, 0.15) is 23.3 Å². The second-order valence-corrected chi connectivity index (χ2v) is 8.48. The Hall–Kier alpha value is -2.59. The summed E-state index contributed by atoms with van der Waals surface area (Å²) in [5.74, 6) is 0.807. The van der Waals surface area contributed by atoms with E-state index in [1.54, 1.807) is 12.3 Å². The first-order valence-corrected chi connectivity index (χ1v) is 10.7. The number of rotatable bonds is 3. The number of pyridine rings is 1. The van der Waals surface area contributed by atoms with Gasteiger partial charge in [0.05, 0.1) is 35.8 Å². The van der Waals surface area contributed by atoms with Gasteiger partial charge in [-0.15, -0.1) is 0 Å². The van der Waals surface area contributed by atoms with Crippen LogP contribution in [-0.4, -0.2) is 33.4 Å². The number of nitriles is 1. The topological polar surface area (TPSA) is 63.7 Å². The molecule has 1 saturated carbocycles. The molecule has 5 rings (SSSR count). The van der Waals surface area contributed by atoms with E-state index in [0.717, 1.165) is 47.0 Å². The molecule has 3 aromatic rings. The summed E-state index contributed by atoms with van der Waals surface area (Å²) in [6.07, 6.45) is 5.37. The standard InChI is InChI=1S/C23H24F2N4O/c24-15-3-1-14(2-4-15)23-28-21-13-27-20-6-5-16(25)11-19(20)22(21)29(23)17-8-10-30-18(12-17)7-9-26/h5-6,11,13-15,17-18H,1-4,7-8,10,12H2/t14?,15?,17-,18-/m1/s1. The van der Waals surface area contributed by atoms with Gasteiger partial charge >= 0.3 is 0 Å². The predicted octanol–water partition coefficient (Wildman–Crippen LogP) is 5.35. The molecule has 1 aliphatic heterocycles. The van der Waals surface area contributed by atoms with Crippen molar-refractivity contribution in [1.82, 2.24) is 14.5 Å². The SMILES string of the molecule is N#CC[C@@H]1C[C@H](n2c(C3CCC(F)CC3)nc3cnc4ccc(F)cc4c32)CCO1. The van der Waals surface area contributed by atoms with Crippen LogP contribution in [0.2, 0.25) is 0 Å². The van der Waals surface area contributed by atoms with Gasteiger partial charge in [0.15, 0.2) is 0 Å². The first-order chi connectivity index (χ1) is 14.6. The third-order valence-electron chi connectivity index (χ3n) is 6.55. The molecule has 1 aliphatic carbocycles. The summed E-state index contributed by atoms with van der Waals surface area (Å²) < 4.78 is 36.0. The minimum absolute atomic E-state index is 0.106. The van der Waals surface area contributed by atoms with Crippen LogP contribution in [0.25, 0.3) is 21.9 Å². The number of aromatic nitrogens is 3. The molecule has 1 saturated heterocycles. The number of nitrogens with zero attached hydrogens (tertiary/aromatic N) is 4. The highest BCUT2D eigenvalue weighted by Gasteiger charge is 2.32. The molecule has 0 N–H and O–H groups in total. The fourth-order valence-corrected chi connectivity index (χ4v) is 5.07. The van der Waals surface area contributed by atoms with Gasteiger partial charge in [0, 0.05) is 24.0 Å². The number of benzene rings is 1. The molecule has 1 aromatic carbocycles. The average Bonchev–Trinajstić information content (AvgIpc) is 3.15. The summed E-state index contributed by atoms with van der Waals surface area (Å²) in [4.78, 5) is 9.42. The molecule has 3 heterocycles. The van der Waals surface area contributed by atoms with Gasteiger partial charge in [-0.1, -0.05) is 0 Å². The molecule has 2 fully saturated rings. The summed E-state index contributed by atoms with van der Waals surface area (Å²) in [6.45, 7) is 0.574. The first-order valence-electron chi connectivity index (χ1n) is 10.7. The van der Waals surface area contributed by atoms with Crippen LogP contribution >= 0.6 is 0 Å². The lowest BCUT2D eigenvalue weighted by molar-refractivity contribution is -0.00238. The van der Waals surface area contributed by atoms with E-state index in [0.29, 0.717) is 32.3 Å². The lowest BCUT2D eigenvalue weighted by atomic mass is 9.87. The number of fused-ring (bicyclic) bond motifs is 3. The molecule has 2 aromatic heterocycles. The monoisotopic (exact) mass is 410 g/mol. The largest absolute Gasteiger partial charge is 0.377 e. The van der Waals surface area contributed by atoms with E-state index in [1.807, 2.05) is 0 Å². The van der Waals surface area contributed by atoms with Crippen LogP contribution in [0.5, 0.6) is 0 Å². The molecule has 0 radical (unpaired) electrons. The maximum absolute atomic E-state index is 14.2. The van der Waals surface area contributed by atoms with Crippen LogP contribution in [0.15, 0.2) is 24.4 Å². The fourth-order valence-electron chi connectivity index (χ4n) is 5.07. The highest BCUT2D eigenvalue weighted by Crippen LogP contribution is 2.40. The number of imidazole rings is 1. The number of halogens is 2. The molecule has 0 spiro atoms. The highest BCUT2D eigenvalue weighted by molar-refractivity contribution is 6.02. The molecule has 2 aliphatic rings. The van der Waals surface area contributed by atoms with E-state index in [4.69, 9.17) is 15.0 Å². The van der Waals surface area contributed by atoms with Crippen LogP contribution < -0.4 is 0 Å². The summed E-state index contributed by atoms with van der Waals surface area (Å²) in [5.41, 5.74) is 2.36. The van der Waals surface area contributed by atoms with E-state index in [1.165, 1.54) is 12.1 Å². The van der Waals surface area contributed by atoms with Crippen LogP contribution in [0, 0.1) is 17.1 Å². The van der Waals surface area contributed by atoms with E-state index >= 15 is 0 Å². The van der Waals surface area contributed by atoms with Crippen molar-refractivity contribution in [1.29, 1.82) is 5.26 Å². The van der Waals surface area contributed by atoms with Crippen molar-refractivity contribution in [2.75, 3.05) is 6.61 Å². The van der Waals surface area contributed by atoms with E-state index < -0.39 is 6.17 Å². The van der Waals surface area contributed by atoms with E-state index in [9.17, 15) is 8.78 Å². The van der Waals surface area contributed by atoms with Crippen molar-refractivity contribution in [2.24, 2.45) is 0 Å². The summed E-state index contributed by atoms with van der Waals surface area (Å²) in [7, 11) is 0. The zero-order chi connectivity index (χ0) is 20.7. The number of ether oxygens (including phenoxy) is 1. The van der Waals surface area contributed by atoms with Crippen LogP contribution in [-0.2, 0) is 4.74 Å². The molecule has 0 amide bonds. The third-order valence-corrected chi connectivity index (χ3v) is 6.55. The minimum atomic E-state index is -0.737. The van der Waals surface area contributed by atoms with Gasteiger partial charge in [0.25, 0.3) is 0 Å². The smallest absolute Gasteiger partial charge is 0.124 e. The Bertz CT molecular complexity index is 1110. The van der Waals surface area contributed by atoms with Crippen LogP contribution in [0.1, 0.15) is 62.7 Å². The molecule has 2 atom stereocenters. The maximum Gasteiger partial charge on any atom is 0.124 e. The Morgan fingerprint density at radius 1 is 1.17 bits per heavy atom. The Morgan fingerprint density at radius 3 is 2.80 bits per heavy atom. The van der Waals surface area contributed by atoms with Crippen molar-refractivity contribution in [2.45, 2.75) is 69.2 Å². The van der Waals surface area contributed by atoms with Crippen LogP contribution in [0.3, 0.4) is 0 Å². The predicted molar refractivity (Wildman–Crippen MR) is 109 cm³/mol. The summed E-state index contributed by atoms with van der Waals surface area (Å²) in [5, 5.41) is 9.87. The molecule has 0 unspecified atom stereocenters. The summed E-state index contributed by atoms with van der Waals surface area (Å²) >= 11 is 0. The van der Waals surface area contributed by atoms with Crippen molar-refractivity contribution < 1.29 is 13.5 Å². The Balaban J connectivity index is 1.69. The second kappa shape index (κ2) is 7.92. The highest BCUT2D eigenvalue weighted by atomic mass is 19.1. The molecule has 30 heavy (non-hydrogen) atoms. The quantitative estimate of drug-likeness (QED) is 0.584. The molecular formula is C23H24F2N4O. The fraction of sp³-hybridized carbons (Fsp3) is 0.522. The second-order valence-electron chi connectivity index (χ2n) is 8.48. The average molecular weight is 410 g/mol. The molecule has 5 nitrogen and oxygen atoms in total. The van der Waals surface area contributed by atoms with E-state index in [2.05, 4.69) is 15.6 Å². The lowest BCUT2D eigenvalue weighted by Gasteiger charge is -2.33. The van der Waals surface area contributed by atoms with Crippen molar-refractivity contribution in [3.05, 3.63) is 36.0 Å². The van der Waals surface area contributed by atoms with Gasteiger partial charge in [-0.2, -0.15) is 5.26 Å². The summed E-state index contributed by atoms with van der Waals surface area (Å²) in [6, 6.07) is 6.95. The van der Waals surface area contributed by atoms with E-state index in [-0.39, 0.29) is 23.9 Å². The van der Waals surface area contributed by atoms with Crippen molar-refractivity contribution in [3.8, 4) is 6.07 Å². The Kier molecular flexibility index (Phi) is 5.11. The Labute approximate surface area is 173 Å². The lowest BCUT2D eigenvalue weighted by Crippen LogP contribution is -2.29. The number of alkyl halides is 1. The number of hydrogen-bond donors (Lipinski definition) is 0. The van der Waals surface area contributed by atoms with Gasteiger partial charge in [-0.05, 0) is 56.7 Å². The van der Waals surface area contributed by atoms with Gasteiger partial charge in [-0.25, -0.2) is 13.8 Å². The van der Waals surface area contributed by atoms with Gasteiger partial charge in [-0.3, -0.25) is 4.98 Å². The van der Waals surface area contributed by atoms with Crippen molar-refractivity contribution >= 4 is 21.9 Å². The third kappa shape index (κ3) is 3.43.